The second-order valence-corrected chi connectivity index (χ2v) is 5.07. The van der Waals surface area contributed by atoms with Gasteiger partial charge in [-0.2, -0.15) is 0 Å². The summed E-state index contributed by atoms with van der Waals surface area (Å²) in [5.41, 5.74) is 7.20. The van der Waals surface area contributed by atoms with E-state index in [0.29, 0.717) is 22.4 Å². The van der Waals surface area contributed by atoms with Crippen molar-refractivity contribution in [1.82, 2.24) is 4.98 Å². The second-order valence-electron chi connectivity index (χ2n) is 4.66. The number of halogens is 1. The molecule has 1 saturated carbocycles. The molecule has 1 aromatic carbocycles. The van der Waals surface area contributed by atoms with E-state index in [4.69, 9.17) is 21.8 Å². The average molecular weight is 237 g/mol. The third-order valence-electron chi connectivity index (χ3n) is 3.25. The maximum Gasteiger partial charge on any atom is 0.215 e. The largest absolute Gasteiger partial charge is 0.437 e. The molecule has 1 unspecified atom stereocenters. The Balaban J connectivity index is 2.15. The summed E-state index contributed by atoms with van der Waals surface area (Å²) in [4.78, 5) is 4.43. The topological polar surface area (TPSA) is 52.0 Å². The third kappa shape index (κ3) is 1.43. The number of oxazole rings is 1. The molecule has 0 aliphatic heterocycles. The van der Waals surface area contributed by atoms with Crippen LogP contribution in [0.3, 0.4) is 0 Å². The van der Waals surface area contributed by atoms with Crippen LogP contribution in [0, 0.1) is 5.92 Å². The van der Waals surface area contributed by atoms with E-state index < -0.39 is 5.54 Å². The monoisotopic (exact) mass is 236 g/mol. The van der Waals surface area contributed by atoms with Gasteiger partial charge in [0.05, 0.1) is 10.6 Å². The Morgan fingerprint density at radius 1 is 1.50 bits per heavy atom. The summed E-state index contributed by atoms with van der Waals surface area (Å²) in [6, 6.07) is 5.54. The van der Waals surface area contributed by atoms with Gasteiger partial charge in [0.2, 0.25) is 5.89 Å². The number of hydrogen-bond acceptors (Lipinski definition) is 3. The van der Waals surface area contributed by atoms with Crippen LogP contribution < -0.4 is 5.73 Å². The van der Waals surface area contributed by atoms with Gasteiger partial charge in [0, 0.05) is 0 Å². The van der Waals surface area contributed by atoms with Crippen LogP contribution in [-0.2, 0) is 5.54 Å². The first-order valence-corrected chi connectivity index (χ1v) is 5.81. The van der Waals surface area contributed by atoms with E-state index in [1.165, 1.54) is 0 Å². The molecular weight excluding hydrogens is 224 g/mol. The zero-order valence-corrected chi connectivity index (χ0v) is 9.79. The van der Waals surface area contributed by atoms with Crippen molar-refractivity contribution in [1.29, 1.82) is 0 Å². The number of nitrogens with two attached hydrogens (primary N) is 1. The van der Waals surface area contributed by atoms with Crippen molar-refractivity contribution < 1.29 is 4.42 Å². The van der Waals surface area contributed by atoms with Gasteiger partial charge in [-0.15, -0.1) is 0 Å². The van der Waals surface area contributed by atoms with Gasteiger partial charge >= 0.3 is 0 Å². The molecule has 1 fully saturated rings. The smallest absolute Gasteiger partial charge is 0.215 e. The molecule has 0 amide bonds. The van der Waals surface area contributed by atoms with Crippen LogP contribution in [0.15, 0.2) is 22.6 Å². The molecule has 1 heterocycles. The van der Waals surface area contributed by atoms with E-state index >= 15 is 0 Å². The van der Waals surface area contributed by atoms with Crippen molar-refractivity contribution in [3.63, 3.8) is 0 Å². The van der Waals surface area contributed by atoms with E-state index in [2.05, 4.69) is 4.98 Å². The van der Waals surface area contributed by atoms with Crippen molar-refractivity contribution in [3.8, 4) is 0 Å². The number of nitrogens with zero attached hydrogens (tertiary/aromatic N) is 1. The predicted octanol–water partition coefficient (Wildman–Crippen LogP) is 3.07. The molecule has 2 aromatic rings. The lowest BCUT2D eigenvalue weighted by Gasteiger charge is -2.19. The van der Waals surface area contributed by atoms with Gasteiger partial charge in [0.1, 0.15) is 5.52 Å². The minimum atomic E-state index is -0.470. The highest BCUT2D eigenvalue weighted by Crippen LogP contribution is 2.44. The van der Waals surface area contributed by atoms with Crippen LogP contribution >= 0.6 is 11.6 Å². The normalized spacial score (nSPS) is 19.9. The summed E-state index contributed by atoms with van der Waals surface area (Å²) in [5.74, 6) is 1.08. The van der Waals surface area contributed by atoms with Crippen LogP contribution in [0.25, 0.3) is 11.1 Å². The number of para-hydroxylation sites is 1. The number of hydrogen-bond donors (Lipinski definition) is 1. The van der Waals surface area contributed by atoms with Crippen LogP contribution in [0.1, 0.15) is 25.7 Å². The Labute approximate surface area is 98.6 Å². The number of rotatable bonds is 2. The molecule has 0 radical (unpaired) electrons. The minimum absolute atomic E-state index is 0.470. The van der Waals surface area contributed by atoms with Gasteiger partial charge in [-0.05, 0) is 37.8 Å². The third-order valence-corrected chi connectivity index (χ3v) is 3.55. The molecule has 1 aliphatic carbocycles. The fraction of sp³-hybridized carbons (Fsp3) is 0.417. The standard InChI is InChI=1S/C12H13ClN2O/c1-12(14,7-5-6-7)11-15-9-4-2-3-8(13)10(9)16-11/h2-4,7H,5-6,14H2,1H3. The molecule has 2 N–H and O–H groups in total. The first kappa shape index (κ1) is 10.1. The van der Waals surface area contributed by atoms with E-state index in [0.717, 1.165) is 18.4 Å². The van der Waals surface area contributed by atoms with Gasteiger partial charge in [-0.25, -0.2) is 4.98 Å². The first-order valence-electron chi connectivity index (χ1n) is 5.43. The highest BCUT2D eigenvalue weighted by Gasteiger charge is 2.43. The van der Waals surface area contributed by atoms with Gasteiger partial charge in [0.25, 0.3) is 0 Å². The molecule has 4 heteroatoms. The minimum Gasteiger partial charge on any atom is -0.437 e. The van der Waals surface area contributed by atoms with Crippen LogP contribution in [0.4, 0.5) is 0 Å². The number of fused-ring (bicyclic) bond motifs is 1. The zero-order valence-electron chi connectivity index (χ0n) is 9.03. The maximum atomic E-state index is 6.26. The molecule has 1 aromatic heterocycles. The molecule has 0 spiro atoms. The van der Waals surface area contributed by atoms with Gasteiger partial charge in [0.15, 0.2) is 5.58 Å². The number of benzene rings is 1. The van der Waals surface area contributed by atoms with Crippen molar-refractivity contribution in [2.24, 2.45) is 11.7 Å². The van der Waals surface area contributed by atoms with Crippen molar-refractivity contribution >= 4 is 22.7 Å². The van der Waals surface area contributed by atoms with E-state index in [1.807, 2.05) is 19.1 Å². The molecule has 0 bridgehead atoms. The lowest BCUT2D eigenvalue weighted by molar-refractivity contribution is 0.327. The molecule has 84 valence electrons. The van der Waals surface area contributed by atoms with Gasteiger partial charge in [-0.3, -0.25) is 0 Å². The zero-order chi connectivity index (χ0) is 11.3. The summed E-state index contributed by atoms with van der Waals surface area (Å²) in [5, 5.41) is 0.586. The van der Waals surface area contributed by atoms with E-state index in [-0.39, 0.29) is 0 Å². The molecule has 16 heavy (non-hydrogen) atoms. The molecular formula is C12H13ClN2O. The Kier molecular flexibility index (Phi) is 2.03. The average Bonchev–Trinajstić information content (AvgIpc) is 2.99. The maximum absolute atomic E-state index is 6.26. The Morgan fingerprint density at radius 3 is 2.88 bits per heavy atom. The van der Waals surface area contributed by atoms with Crippen molar-refractivity contribution in [3.05, 3.63) is 29.1 Å². The molecule has 3 nitrogen and oxygen atoms in total. The van der Waals surface area contributed by atoms with Gasteiger partial charge in [-0.1, -0.05) is 17.7 Å². The van der Waals surface area contributed by atoms with Crippen molar-refractivity contribution in [2.75, 3.05) is 0 Å². The number of aromatic nitrogens is 1. The van der Waals surface area contributed by atoms with Crippen molar-refractivity contribution in [2.45, 2.75) is 25.3 Å². The van der Waals surface area contributed by atoms with Crippen LogP contribution in [-0.4, -0.2) is 4.98 Å². The molecule has 3 rings (SSSR count). The highest BCUT2D eigenvalue weighted by molar-refractivity contribution is 6.34. The van der Waals surface area contributed by atoms with Crippen LogP contribution in [0.5, 0.6) is 0 Å². The fourth-order valence-corrected chi connectivity index (χ4v) is 2.21. The summed E-state index contributed by atoms with van der Waals surface area (Å²) in [7, 11) is 0. The quantitative estimate of drug-likeness (QED) is 0.872. The lowest BCUT2D eigenvalue weighted by Crippen LogP contribution is -2.35. The predicted molar refractivity (Wildman–Crippen MR) is 63.3 cm³/mol. The first-order chi connectivity index (χ1) is 7.59. The fourth-order valence-electron chi connectivity index (χ4n) is 2.00. The van der Waals surface area contributed by atoms with E-state index in [9.17, 15) is 0 Å². The Bertz CT molecular complexity index is 543. The summed E-state index contributed by atoms with van der Waals surface area (Å²) >= 11 is 6.04. The van der Waals surface area contributed by atoms with E-state index in [1.54, 1.807) is 6.07 Å². The lowest BCUT2D eigenvalue weighted by atomic mass is 9.97. The summed E-state index contributed by atoms with van der Waals surface area (Å²) < 4.78 is 5.70. The molecule has 1 atom stereocenters. The Hall–Kier alpha value is -1.06. The molecule has 1 aliphatic rings. The van der Waals surface area contributed by atoms with Crippen LogP contribution in [0.2, 0.25) is 5.02 Å². The van der Waals surface area contributed by atoms with Gasteiger partial charge < -0.3 is 10.2 Å². The SMILES string of the molecule is CC(N)(c1nc2cccc(Cl)c2o1)C1CC1. The summed E-state index contributed by atoms with van der Waals surface area (Å²) in [6.45, 7) is 1.98. The molecule has 0 saturated heterocycles. The Morgan fingerprint density at radius 2 is 2.25 bits per heavy atom. The second kappa shape index (κ2) is 3.22. The highest BCUT2D eigenvalue weighted by atomic mass is 35.5. The summed E-state index contributed by atoms with van der Waals surface area (Å²) in [6.07, 6.45) is 2.30.